The Morgan fingerprint density at radius 3 is 2.08 bits per heavy atom. The van der Waals surface area contributed by atoms with Crippen molar-refractivity contribution in [3.05, 3.63) is 95.0 Å². The Morgan fingerprint density at radius 1 is 0.789 bits per heavy atom. The quantitative estimate of drug-likeness (QED) is 0.260. The number of hydrogen-bond donors (Lipinski definition) is 0. The summed E-state index contributed by atoms with van der Waals surface area (Å²) in [5.41, 5.74) is 2.15. The number of amides is 2. The molecule has 2 aliphatic rings. The van der Waals surface area contributed by atoms with Crippen LogP contribution in [0, 0.1) is 0 Å². The van der Waals surface area contributed by atoms with Gasteiger partial charge in [0.2, 0.25) is 5.91 Å². The molecule has 1 unspecified atom stereocenters. The average Bonchev–Trinajstić information content (AvgIpc) is 3.26. The summed E-state index contributed by atoms with van der Waals surface area (Å²) in [6.07, 6.45) is 0.126. The van der Waals surface area contributed by atoms with Crippen molar-refractivity contribution in [3.63, 3.8) is 0 Å². The maximum Gasteiger partial charge on any atom is 0.338 e. The minimum Gasteiger partial charge on any atom is -0.454 e. The van der Waals surface area contributed by atoms with Crippen LogP contribution in [0.1, 0.15) is 27.1 Å². The third-order valence-corrected chi connectivity index (χ3v) is 7.11. The molecule has 3 aromatic rings. The predicted octanol–water partition coefficient (Wildman–Crippen LogP) is 3.83. The number of halogens is 1. The van der Waals surface area contributed by atoms with Gasteiger partial charge in [-0.2, -0.15) is 0 Å². The third-order valence-electron chi connectivity index (χ3n) is 6.86. The number of carbonyl (C=O) groups excluding carboxylic acids is 4. The van der Waals surface area contributed by atoms with Crippen LogP contribution in [0.15, 0.2) is 78.9 Å². The van der Waals surface area contributed by atoms with Crippen molar-refractivity contribution in [2.24, 2.45) is 0 Å². The molecule has 0 saturated carbocycles. The zero-order chi connectivity index (χ0) is 26.6. The largest absolute Gasteiger partial charge is 0.454 e. The standard InChI is InChI=1S/C29H26ClN3O5/c30-22-10-6-20(7-11-22)26(34)19-38-29(37)21-8-12-24(13-9-21)33-27(35)18-25(28(33)36)32-16-14-31(15-17-32)23-4-2-1-3-5-23/h1-13,25H,14-19H2. The fraction of sp³-hybridized carbons (Fsp3) is 0.241. The van der Waals surface area contributed by atoms with Crippen LogP contribution in [0.4, 0.5) is 11.4 Å². The molecular formula is C29H26ClN3O5. The van der Waals surface area contributed by atoms with Gasteiger partial charge in [0.1, 0.15) is 0 Å². The van der Waals surface area contributed by atoms with Gasteiger partial charge in [-0.05, 0) is 60.7 Å². The van der Waals surface area contributed by atoms with Gasteiger partial charge < -0.3 is 9.64 Å². The number of anilines is 2. The van der Waals surface area contributed by atoms with Gasteiger partial charge >= 0.3 is 5.97 Å². The van der Waals surface area contributed by atoms with Crippen molar-refractivity contribution in [1.82, 2.24) is 4.90 Å². The first-order valence-corrected chi connectivity index (χ1v) is 12.8. The molecule has 38 heavy (non-hydrogen) atoms. The van der Waals surface area contributed by atoms with Gasteiger partial charge in [-0.1, -0.05) is 29.8 Å². The van der Waals surface area contributed by atoms with Crippen LogP contribution in [-0.4, -0.2) is 67.3 Å². The highest BCUT2D eigenvalue weighted by molar-refractivity contribution is 6.30. The molecule has 3 aromatic carbocycles. The van der Waals surface area contributed by atoms with Crippen molar-refractivity contribution in [2.45, 2.75) is 12.5 Å². The van der Waals surface area contributed by atoms with Crippen molar-refractivity contribution < 1.29 is 23.9 Å². The SMILES string of the molecule is O=C(COC(=O)c1ccc(N2C(=O)CC(N3CCN(c4ccccc4)CC3)C2=O)cc1)c1ccc(Cl)cc1. The first-order valence-electron chi connectivity index (χ1n) is 12.4. The van der Waals surface area contributed by atoms with Crippen LogP contribution in [-0.2, 0) is 14.3 Å². The predicted molar refractivity (Wildman–Crippen MR) is 144 cm³/mol. The number of benzene rings is 3. The molecule has 0 N–H and O–H groups in total. The van der Waals surface area contributed by atoms with E-state index in [0.717, 1.165) is 18.8 Å². The number of ketones is 1. The lowest BCUT2D eigenvalue weighted by molar-refractivity contribution is -0.123. The fourth-order valence-electron chi connectivity index (χ4n) is 4.78. The molecule has 9 heteroatoms. The number of hydrogen-bond acceptors (Lipinski definition) is 7. The molecule has 2 heterocycles. The molecular weight excluding hydrogens is 506 g/mol. The highest BCUT2D eigenvalue weighted by Crippen LogP contribution is 2.27. The van der Waals surface area contributed by atoms with E-state index in [1.54, 1.807) is 36.4 Å². The van der Waals surface area contributed by atoms with Crippen LogP contribution in [0.5, 0.6) is 0 Å². The summed E-state index contributed by atoms with van der Waals surface area (Å²) in [5, 5.41) is 0.505. The van der Waals surface area contributed by atoms with Crippen molar-refractivity contribution in [3.8, 4) is 0 Å². The van der Waals surface area contributed by atoms with Crippen molar-refractivity contribution >= 4 is 46.5 Å². The molecule has 2 fully saturated rings. The zero-order valence-electron chi connectivity index (χ0n) is 20.6. The van der Waals surface area contributed by atoms with E-state index in [2.05, 4.69) is 21.9 Å². The van der Waals surface area contributed by atoms with Crippen molar-refractivity contribution in [1.29, 1.82) is 0 Å². The highest BCUT2D eigenvalue weighted by Gasteiger charge is 2.43. The molecule has 0 radical (unpaired) electrons. The number of carbonyl (C=O) groups is 4. The van der Waals surface area contributed by atoms with Gasteiger partial charge in [0.25, 0.3) is 5.91 Å². The first-order chi connectivity index (χ1) is 18.4. The van der Waals surface area contributed by atoms with Crippen molar-refractivity contribution in [2.75, 3.05) is 42.6 Å². The van der Waals surface area contributed by atoms with E-state index in [9.17, 15) is 19.2 Å². The minimum absolute atomic E-state index is 0.126. The number of para-hydroxylation sites is 1. The Bertz CT molecular complexity index is 1340. The van der Waals surface area contributed by atoms with E-state index in [4.69, 9.17) is 16.3 Å². The Balaban J connectivity index is 1.17. The van der Waals surface area contributed by atoms with Crippen LogP contribution in [0.2, 0.25) is 5.02 Å². The Kier molecular flexibility index (Phi) is 7.53. The average molecular weight is 532 g/mol. The molecule has 194 valence electrons. The van der Waals surface area contributed by atoms with Gasteiger partial charge in [-0.25, -0.2) is 9.69 Å². The molecule has 0 aliphatic carbocycles. The summed E-state index contributed by atoms with van der Waals surface area (Å²) >= 11 is 5.83. The smallest absolute Gasteiger partial charge is 0.338 e. The number of esters is 1. The summed E-state index contributed by atoms with van der Waals surface area (Å²) in [7, 11) is 0. The van der Waals surface area contributed by atoms with E-state index in [1.165, 1.54) is 17.0 Å². The molecule has 2 aliphatic heterocycles. The number of rotatable bonds is 7. The van der Waals surface area contributed by atoms with E-state index in [0.29, 0.717) is 29.4 Å². The maximum atomic E-state index is 13.2. The van der Waals surface area contributed by atoms with Crippen LogP contribution < -0.4 is 9.80 Å². The first kappa shape index (κ1) is 25.6. The zero-order valence-corrected chi connectivity index (χ0v) is 21.3. The topological polar surface area (TPSA) is 87.2 Å². The lowest BCUT2D eigenvalue weighted by Gasteiger charge is -2.38. The molecule has 0 spiro atoms. The monoisotopic (exact) mass is 531 g/mol. The summed E-state index contributed by atoms with van der Waals surface area (Å²) in [6, 6.07) is 22.0. The molecule has 5 rings (SSSR count). The minimum atomic E-state index is -0.674. The molecule has 2 saturated heterocycles. The van der Waals surface area contributed by atoms with Gasteiger partial charge in [0, 0.05) is 42.5 Å². The number of Topliss-reactive ketones (excluding diaryl/α,β-unsaturated/α-hetero) is 1. The normalized spacial score (nSPS) is 18.1. The van der Waals surface area contributed by atoms with E-state index >= 15 is 0 Å². The number of imide groups is 1. The van der Waals surface area contributed by atoms with Gasteiger partial charge in [-0.15, -0.1) is 0 Å². The second-order valence-electron chi connectivity index (χ2n) is 9.20. The second-order valence-corrected chi connectivity index (χ2v) is 9.64. The summed E-state index contributed by atoms with van der Waals surface area (Å²) in [4.78, 5) is 56.2. The lowest BCUT2D eigenvalue weighted by atomic mass is 10.1. The van der Waals surface area contributed by atoms with E-state index in [1.807, 2.05) is 18.2 Å². The van der Waals surface area contributed by atoms with Crippen LogP contribution >= 0.6 is 11.6 Å². The summed E-state index contributed by atoms with van der Waals surface area (Å²) in [6.45, 7) is 2.51. The summed E-state index contributed by atoms with van der Waals surface area (Å²) in [5.74, 6) is -1.55. The summed E-state index contributed by atoms with van der Waals surface area (Å²) < 4.78 is 5.14. The van der Waals surface area contributed by atoms with Crippen LogP contribution in [0.3, 0.4) is 0 Å². The second kappa shape index (κ2) is 11.2. The van der Waals surface area contributed by atoms with E-state index < -0.39 is 18.6 Å². The van der Waals surface area contributed by atoms with Gasteiger partial charge in [-0.3, -0.25) is 19.3 Å². The molecule has 2 amide bonds. The fourth-order valence-corrected chi connectivity index (χ4v) is 4.91. The Morgan fingerprint density at radius 2 is 1.42 bits per heavy atom. The van der Waals surface area contributed by atoms with E-state index in [-0.39, 0.29) is 29.6 Å². The molecule has 1 atom stereocenters. The maximum absolute atomic E-state index is 13.2. The number of piperazine rings is 1. The lowest BCUT2D eigenvalue weighted by Crippen LogP contribution is -2.52. The number of nitrogens with zero attached hydrogens (tertiary/aromatic N) is 3. The Hall–Kier alpha value is -4.01. The highest BCUT2D eigenvalue weighted by atomic mass is 35.5. The Labute approximate surface area is 225 Å². The van der Waals surface area contributed by atoms with Crippen LogP contribution in [0.25, 0.3) is 0 Å². The third kappa shape index (κ3) is 5.46. The number of ether oxygens (including phenoxy) is 1. The molecule has 0 aromatic heterocycles. The molecule has 8 nitrogen and oxygen atoms in total. The molecule has 0 bridgehead atoms. The van der Waals surface area contributed by atoms with Gasteiger partial charge in [0.15, 0.2) is 12.4 Å². The van der Waals surface area contributed by atoms with Gasteiger partial charge in [0.05, 0.1) is 23.7 Å².